The SMILES string of the molecule is CCCCC(CC)CN1C(=O)/C(=C\c2c(C)c(C#N)c(=O)n(CCCC)c2NCc2ccc3c(c2)OCO3)SC1=S. The number of carbonyl (C=O) groups is 1. The van der Waals surface area contributed by atoms with Crippen LogP contribution in [-0.2, 0) is 17.9 Å². The molecule has 1 aromatic carbocycles. The van der Waals surface area contributed by atoms with Crippen molar-refractivity contribution in [2.45, 2.75) is 79.3 Å². The van der Waals surface area contributed by atoms with Gasteiger partial charge in [-0.2, -0.15) is 5.26 Å². The molecule has 0 aliphatic carbocycles. The highest BCUT2D eigenvalue weighted by molar-refractivity contribution is 8.26. The maximum Gasteiger partial charge on any atom is 0.270 e. The quantitative estimate of drug-likeness (QED) is 0.205. The number of rotatable bonds is 13. The van der Waals surface area contributed by atoms with Crippen molar-refractivity contribution in [2.75, 3.05) is 18.7 Å². The smallest absolute Gasteiger partial charge is 0.270 e. The number of hydrogen-bond acceptors (Lipinski definition) is 8. The molecule has 2 aliphatic heterocycles. The molecule has 1 aromatic heterocycles. The molecule has 1 saturated heterocycles. The number of nitrogens with one attached hydrogen (secondary N) is 1. The lowest BCUT2D eigenvalue weighted by atomic mass is 9.99. The Morgan fingerprint density at radius 1 is 1.17 bits per heavy atom. The Hall–Kier alpha value is -3.29. The minimum absolute atomic E-state index is 0.0853. The van der Waals surface area contributed by atoms with Crippen LogP contribution in [0.1, 0.15) is 81.5 Å². The van der Waals surface area contributed by atoms with Crippen molar-refractivity contribution in [3.05, 3.63) is 55.7 Å². The van der Waals surface area contributed by atoms with E-state index in [4.69, 9.17) is 21.7 Å². The zero-order chi connectivity index (χ0) is 29.5. The van der Waals surface area contributed by atoms with Crippen LogP contribution in [0, 0.1) is 24.2 Å². The first-order chi connectivity index (χ1) is 19.8. The second kappa shape index (κ2) is 14.1. The fourth-order valence-corrected chi connectivity index (χ4v) is 6.34. The van der Waals surface area contributed by atoms with Gasteiger partial charge in [-0.05, 0) is 55.0 Å². The Morgan fingerprint density at radius 3 is 2.63 bits per heavy atom. The Bertz CT molecular complexity index is 1440. The summed E-state index contributed by atoms with van der Waals surface area (Å²) in [6.07, 6.45) is 7.73. The molecule has 1 unspecified atom stereocenters. The van der Waals surface area contributed by atoms with Crippen LogP contribution in [0.4, 0.5) is 5.82 Å². The van der Waals surface area contributed by atoms with E-state index in [2.05, 4.69) is 32.2 Å². The average Bonchev–Trinajstić information content (AvgIpc) is 3.54. The van der Waals surface area contributed by atoms with Crippen molar-refractivity contribution in [3.63, 3.8) is 0 Å². The number of carbonyl (C=O) groups excluding carboxylic acids is 1. The van der Waals surface area contributed by atoms with Crippen LogP contribution >= 0.6 is 24.0 Å². The minimum atomic E-state index is -0.335. The summed E-state index contributed by atoms with van der Waals surface area (Å²) in [4.78, 5) is 29.3. The van der Waals surface area contributed by atoms with Crippen molar-refractivity contribution in [1.29, 1.82) is 5.26 Å². The minimum Gasteiger partial charge on any atom is -0.454 e. The predicted molar refractivity (Wildman–Crippen MR) is 168 cm³/mol. The van der Waals surface area contributed by atoms with Gasteiger partial charge in [0.25, 0.3) is 11.5 Å². The van der Waals surface area contributed by atoms with Crippen molar-refractivity contribution >= 4 is 46.1 Å². The van der Waals surface area contributed by atoms with Gasteiger partial charge in [-0.25, -0.2) is 0 Å². The summed E-state index contributed by atoms with van der Waals surface area (Å²) >= 11 is 6.92. The average molecular weight is 595 g/mol. The number of aromatic nitrogens is 1. The number of amides is 1. The number of nitriles is 1. The summed E-state index contributed by atoms with van der Waals surface area (Å²) in [5.74, 6) is 2.22. The summed E-state index contributed by atoms with van der Waals surface area (Å²) in [5, 5.41) is 13.4. The normalized spacial score (nSPS) is 16.0. The number of anilines is 1. The lowest BCUT2D eigenvalue weighted by molar-refractivity contribution is -0.122. The lowest BCUT2D eigenvalue weighted by Gasteiger charge is -2.22. The van der Waals surface area contributed by atoms with E-state index in [1.165, 1.54) is 11.8 Å². The van der Waals surface area contributed by atoms with Crippen LogP contribution < -0.4 is 20.3 Å². The Labute approximate surface area is 251 Å². The van der Waals surface area contributed by atoms with Crippen LogP contribution in [-0.4, -0.2) is 33.0 Å². The molecule has 0 bridgehead atoms. The molecule has 8 nitrogen and oxygen atoms in total. The number of unbranched alkanes of at least 4 members (excludes halogenated alkanes) is 2. The monoisotopic (exact) mass is 594 g/mol. The van der Waals surface area contributed by atoms with Crippen LogP contribution in [0.5, 0.6) is 11.5 Å². The van der Waals surface area contributed by atoms with Gasteiger partial charge in [-0.15, -0.1) is 0 Å². The Balaban J connectivity index is 1.73. The summed E-state index contributed by atoms with van der Waals surface area (Å²) in [6.45, 7) is 9.80. The standard InChI is InChI=1S/C31H38N4O4S2/c1-5-8-10-21(7-3)18-35-30(37)27(41-31(35)40)15-23-20(4)24(16-32)29(36)34(13-9-6-2)28(23)33-17-22-11-12-25-26(14-22)39-19-38-25/h11-12,14-15,21,33H,5-10,13,17-19H2,1-4H3/b27-15+. The summed E-state index contributed by atoms with van der Waals surface area (Å²) in [7, 11) is 0. The molecule has 4 rings (SSSR count). The zero-order valence-corrected chi connectivity index (χ0v) is 25.9. The number of hydrogen-bond donors (Lipinski definition) is 1. The number of thiocarbonyl (C=S) groups is 1. The van der Waals surface area contributed by atoms with E-state index in [0.717, 1.165) is 44.1 Å². The lowest BCUT2D eigenvalue weighted by Crippen LogP contribution is -2.33. The first kappa shape index (κ1) is 30.7. The third kappa shape index (κ3) is 6.79. The molecule has 1 N–H and O–H groups in total. The summed E-state index contributed by atoms with van der Waals surface area (Å²) in [6, 6.07) is 7.83. The van der Waals surface area contributed by atoms with Gasteiger partial charge in [0.15, 0.2) is 11.5 Å². The van der Waals surface area contributed by atoms with Crippen molar-refractivity contribution < 1.29 is 14.3 Å². The number of fused-ring (bicyclic) bond motifs is 1. The number of nitrogens with zero attached hydrogens (tertiary/aromatic N) is 3. The van der Waals surface area contributed by atoms with Crippen LogP contribution in [0.25, 0.3) is 6.08 Å². The Kier molecular flexibility index (Phi) is 10.5. The second-order valence-electron chi connectivity index (χ2n) is 10.4. The summed E-state index contributed by atoms with van der Waals surface area (Å²) < 4.78 is 13.1. The highest BCUT2D eigenvalue weighted by atomic mass is 32.2. The third-order valence-corrected chi connectivity index (χ3v) is 9.02. The number of pyridine rings is 1. The largest absolute Gasteiger partial charge is 0.454 e. The second-order valence-corrected chi connectivity index (χ2v) is 12.1. The molecule has 41 heavy (non-hydrogen) atoms. The first-order valence-electron chi connectivity index (χ1n) is 14.4. The molecule has 3 heterocycles. The number of thioether (sulfide) groups is 1. The predicted octanol–water partition coefficient (Wildman–Crippen LogP) is 6.59. The van der Waals surface area contributed by atoms with Crippen LogP contribution in [0.15, 0.2) is 27.9 Å². The topological polar surface area (TPSA) is 96.6 Å². The molecule has 1 atom stereocenters. The fraction of sp³-hybridized carbons (Fsp3) is 0.484. The molecule has 2 aromatic rings. The summed E-state index contributed by atoms with van der Waals surface area (Å²) in [5.41, 5.74) is 1.88. The van der Waals surface area contributed by atoms with E-state index in [9.17, 15) is 14.9 Å². The highest BCUT2D eigenvalue weighted by Gasteiger charge is 2.34. The van der Waals surface area contributed by atoms with Crippen molar-refractivity contribution in [1.82, 2.24) is 9.47 Å². The van der Waals surface area contributed by atoms with Gasteiger partial charge in [0.05, 0.1) is 4.91 Å². The van der Waals surface area contributed by atoms with Gasteiger partial charge >= 0.3 is 0 Å². The first-order valence-corrected chi connectivity index (χ1v) is 15.6. The molecule has 0 saturated carbocycles. The molecule has 1 amide bonds. The molecule has 1 fully saturated rings. The maximum absolute atomic E-state index is 13.6. The van der Waals surface area contributed by atoms with E-state index in [-0.39, 0.29) is 23.8 Å². The molecule has 0 radical (unpaired) electrons. The van der Waals surface area contributed by atoms with Crippen LogP contribution in [0.3, 0.4) is 0 Å². The molecule has 218 valence electrons. The third-order valence-electron chi connectivity index (χ3n) is 7.64. The van der Waals surface area contributed by atoms with E-state index in [1.54, 1.807) is 22.5 Å². The highest BCUT2D eigenvalue weighted by Crippen LogP contribution is 2.37. The van der Waals surface area contributed by atoms with Crippen molar-refractivity contribution in [3.8, 4) is 17.6 Å². The van der Waals surface area contributed by atoms with Gasteiger partial charge < -0.3 is 14.8 Å². The van der Waals surface area contributed by atoms with Crippen LogP contribution in [0.2, 0.25) is 0 Å². The Morgan fingerprint density at radius 2 is 1.93 bits per heavy atom. The number of ether oxygens (including phenoxy) is 2. The van der Waals surface area contributed by atoms with Gasteiger partial charge in [-0.1, -0.05) is 76.5 Å². The zero-order valence-electron chi connectivity index (χ0n) is 24.2. The van der Waals surface area contributed by atoms with Crippen molar-refractivity contribution in [2.24, 2.45) is 5.92 Å². The van der Waals surface area contributed by atoms with E-state index in [1.807, 2.05) is 18.2 Å². The van der Waals surface area contributed by atoms with E-state index in [0.29, 0.717) is 63.2 Å². The van der Waals surface area contributed by atoms with E-state index < -0.39 is 0 Å². The number of benzene rings is 1. The fourth-order valence-electron chi connectivity index (χ4n) is 5.08. The molecular weight excluding hydrogens is 556 g/mol. The van der Waals surface area contributed by atoms with Gasteiger partial charge in [0, 0.05) is 25.2 Å². The van der Waals surface area contributed by atoms with Gasteiger partial charge in [0.2, 0.25) is 6.79 Å². The van der Waals surface area contributed by atoms with Gasteiger partial charge in [0.1, 0.15) is 21.8 Å². The van der Waals surface area contributed by atoms with Gasteiger partial charge in [-0.3, -0.25) is 19.1 Å². The molecule has 2 aliphatic rings. The molecule has 10 heteroatoms. The van der Waals surface area contributed by atoms with E-state index >= 15 is 0 Å². The maximum atomic E-state index is 13.6. The molecule has 0 spiro atoms. The molecular formula is C31H38N4O4S2.